The Morgan fingerprint density at radius 3 is 3.16 bits per heavy atom. The average molecular weight is 256 g/mol. The lowest BCUT2D eigenvalue weighted by Crippen LogP contribution is -2.02. The fraction of sp³-hybridized carbons (Fsp3) is 0.143. The number of carbonyl (C=O) groups excluding carboxylic acids is 1. The van der Waals surface area contributed by atoms with Gasteiger partial charge in [-0.05, 0) is 31.2 Å². The van der Waals surface area contributed by atoms with E-state index in [0.717, 1.165) is 11.1 Å². The van der Waals surface area contributed by atoms with Crippen LogP contribution in [0.15, 0.2) is 47.3 Å². The topological polar surface area (TPSA) is 56.7 Å². The lowest BCUT2D eigenvalue weighted by molar-refractivity contribution is 0.0525. The number of carbonyl (C=O) groups is 1. The number of ether oxygens (including phenoxy) is 1. The van der Waals surface area contributed by atoms with Crippen molar-refractivity contribution >= 4 is 11.5 Å². The minimum Gasteiger partial charge on any atom is -0.463 e. The van der Waals surface area contributed by atoms with Crippen LogP contribution in [0, 0.1) is 0 Å². The SMILES string of the molecule is CCOC(=O)c1coc(-c2ccn3nccc3c2)c1. The Bertz CT molecular complexity index is 727. The van der Waals surface area contributed by atoms with Crippen molar-refractivity contribution in [1.82, 2.24) is 9.61 Å². The van der Waals surface area contributed by atoms with Gasteiger partial charge in [0.25, 0.3) is 0 Å². The van der Waals surface area contributed by atoms with Gasteiger partial charge in [0.05, 0.1) is 17.7 Å². The van der Waals surface area contributed by atoms with Crippen molar-refractivity contribution in [3.05, 3.63) is 48.5 Å². The van der Waals surface area contributed by atoms with Gasteiger partial charge in [-0.2, -0.15) is 5.10 Å². The van der Waals surface area contributed by atoms with Gasteiger partial charge in [0.1, 0.15) is 12.0 Å². The molecule has 19 heavy (non-hydrogen) atoms. The Labute approximate surface area is 109 Å². The Kier molecular flexibility index (Phi) is 2.79. The molecule has 5 nitrogen and oxygen atoms in total. The molecule has 3 rings (SSSR count). The maximum Gasteiger partial charge on any atom is 0.341 e. The van der Waals surface area contributed by atoms with Gasteiger partial charge < -0.3 is 9.15 Å². The van der Waals surface area contributed by atoms with Crippen LogP contribution < -0.4 is 0 Å². The second kappa shape index (κ2) is 4.61. The van der Waals surface area contributed by atoms with Gasteiger partial charge in [0, 0.05) is 18.0 Å². The molecule has 0 amide bonds. The van der Waals surface area contributed by atoms with E-state index in [1.807, 2.05) is 24.4 Å². The molecule has 0 radical (unpaired) electrons. The number of furan rings is 1. The summed E-state index contributed by atoms with van der Waals surface area (Å²) in [6.45, 7) is 2.12. The van der Waals surface area contributed by atoms with Crippen LogP contribution in [-0.4, -0.2) is 22.2 Å². The van der Waals surface area contributed by atoms with E-state index in [-0.39, 0.29) is 5.97 Å². The second-order valence-electron chi connectivity index (χ2n) is 4.04. The van der Waals surface area contributed by atoms with Crippen LogP contribution in [0.1, 0.15) is 17.3 Å². The maximum absolute atomic E-state index is 11.6. The van der Waals surface area contributed by atoms with Crippen molar-refractivity contribution in [2.45, 2.75) is 6.92 Å². The molecule has 0 spiro atoms. The van der Waals surface area contributed by atoms with Crippen LogP contribution in [0.5, 0.6) is 0 Å². The van der Waals surface area contributed by atoms with E-state index in [1.54, 1.807) is 23.7 Å². The summed E-state index contributed by atoms with van der Waals surface area (Å²) in [6.07, 6.45) is 4.98. The summed E-state index contributed by atoms with van der Waals surface area (Å²) in [5, 5.41) is 4.12. The molecule has 0 aliphatic heterocycles. The predicted molar refractivity (Wildman–Crippen MR) is 68.9 cm³/mol. The number of esters is 1. The normalized spacial score (nSPS) is 10.8. The van der Waals surface area contributed by atoms with E-state index in [4.69, 9.17) is 9.15 Å². The molecule has 3 aromatic rings. The Hall–Kier alpha value is -2.56. The van der Waals surface area contributed by atoms with Gasteiger partial charge in [-0.3, -0.25) is 0 Å². The molecule has 0 fully saturated rings. The van der Waals surface area contributed by atoms with E-state index < -0.39 is 0 Å². The van der Waals surface area contributed by atoms with Gasteiger partial charge in [0.2, 0.25) is 0 Å². The van der Waals surface area contributed by atoms with Gasteiger partial charge in [-0.1, -0.05) is 0 Å². The second-order valence-corrected chi connectivity index (χ2v) is 4.04. The highest BCUT2D eigenvalue weighted by atomic mass is 16.5. The highest BCUT2D eigenvalue weighted by molar-refractivity contribution is 5.90. The number of hydrogen-bond acceptors (Lipinski definition) is 4. The van der Waals surface area contributed by atoms with Gasteiger partial charge in [-0.15, -0.1) is 0 Å². The lowest BCUT2D eigenvalue weighted by Gasteiger charge is -1.98. The molecule has 0 atom stereocenters. The Morgan fingerprint density at radius 2 is 2.32 bits per heavy atom. The third-order valence-corrected chi connectivity index (χ3v) is 2.79. The molecule has 3 heterocycles. The van der Waals surface area contributed by atoms with E-state index in [9.17, 15) is 4.79 Å². The summed E-state index contributed by atoms with van der Waals surface area (Å²) < 4.78 is 12.1. The van der Waals surface area contributed by atoms with Crippen LogP contribution in [0.4, 0.5) is 0 Å². The zero-order valence-electron chi connectivity index (χ0n) is 10.4. The average Bonchev–Trinajstić information content (AvgIpc) is 3.07. The molecule has 0 N–H and O–H groups in total. The zero-order valence-corrected chi connectivity index (χ0v) is 10.4. The van der Waals surface area contributed by atoms with Gasteiger partial charge in [-0.25, -0.2) is 9.31 Å². The van der Waals surface area contributed by atoms with Crippen LogP contribution in [0.2, 0.25) is 0 Å². The van der Waals surface area contributed by atoms with Crippen LogP contribution in [0.3, 0.4) is 0 Å². The molecular formula is C14H12N2O3. The fourth-order valence-electron chi connectivity index (χ4n) is 1.88. The van der Waals surface area contributed by atoms with Crippen LogP contribution in [0.25, 0.3) is 16.8 Å². The molecule has 0 bridgehead atoms. The summed E-state index contributed by atoms with van der Waals surface area (Å²) in [7, 11) is 0. The van der Waals surface area contributed by atoms with Gasteiger partial charge in [0.15, 0.2) is 0 Å². The molecule has 96 valence electrons. The molecule has 0 saturated carbocycles. The molecule has 0 saturated heterocycles. The summed E-state index contributed by atoms with van der Waals surface area (Å²) in [6, 6.07) is 7.41. The minimum absolute atomic E-state index is 0.348. The van der Waals surface area contributed by atoms with Gasteiger partial charge >= 0.3 is 5.97 Å². The first kappa shape index (κ1) is 11.5. The first-order chi connectivity index (χ1) is 9.28. The van der Waals surface area contributed by atoms with E-state index in [1.165, 1.54) is 6.26 Å². The third-order valence-electron chi connectivity index (χ3n) is 2.79. The largest absolute Gasteiger partial charge is 0.463 e. The smallest absolute Gasteiger partial charge is 0.341 e. The first-order valence-corrected chi connectivity index (χ1v) is 5.97. The summed E-state index contributed by atoms with van der Waals surface area (Å²) >= 11 is 0. The Morgan fingerprint density at radius 1 is 1.42 bits per heavy atom. The molecule has 0 aromatic carbocycles. The van der Waals surface area contributed by atoms with Crippen molar-refractivity contribution < 1.29 is 13.9 Å². The molecular weight excluding hydrogens is 244 g/mol. The standard InChI is InChI=1S/C14H12N2O3/c1-2-18-14(17)11-8-13(19-9-11)10-4-6-16-12(7-10)3-5-15-16/h3-9H,2H2,1H3. The number of aromatic nitrogens is 2. The van der Waals surface area contributed by atoms with E-state index >= 15 is 0 Å². The lowest BCUT2D eigenvalue weighted by atomic mass is 10.2. The van der Waals surface area contributed by atoms with E-state index in [2.05, 4.69) is 5.10 Å². The monoisotopic (exact) mass is 256 g/mol. The summed E-state index contributed by atoms with van der Waals surface area (Å²) in [5.74, 6) is 0.259. The minimum atomic E-state index is -0.372. The van der Waals surface area contributed by atoms with Crippen molar-refractivity contribution in [2.75, 3.05) is 6.61 Å². The predicted octanol–water partition coefficient (Wildman–Crippen LogP) is 2.77. The number of hydrogen-bond donors (Lipinski definition) is 0. The van der Waals surface area contributed by atoms with Crippen molar-refractivity contribution in [2.24, 2.45) is 0 Å². The van der Waals surface area contributed by atoms with Crippen molar-refractivity contribution in [3.63, 3.8) is 0 Å². The number of fused-ring (bicyclic) bond motifs is 1. The fourth-order valence-corrected chi connectivity index (χ4v) is 1.88. The molecule has 3 aromatic heterocycles. The molecule has 0 aliphatic carbocycles. The molecule has 5 heteroatoms. The summed E-state index contributed by atoms with van der Waals surface area (Å²) in [5.41, 5.74) is 2.28. The van der Waals surface area contributed by atoms with Crippen molar-refractivity contribution in [1.29, 1.82) is 0 Å². The molecule has 0 unspecified atom stereocenters. The maximum atomic E-state index is 11.6. The molecule has 0 aliphatic rings. The quantitative estimate of drug-likeness (QED) is 0.676. The van der Waals surface area contributed by atoms with Crippen LogP contribution in [-0.2, 0) is 4.74 Å². The van der Waals surface area contributed by atoms with Crippen molar-refractivity contribution in [3.8, 4) is 11.3 Å². The Balaban J connectivity index is 1.95. The first-order valence-electron chi connectivity index (χ1n) is 5.97. The third kappa shape index (κ3) is 2.10. The highest BCUT2D eigenvalue weighted by Crippen LogP contribution is 2.23. The summed E-state index contributed by atoms with van der Waals surface area (Å²) in [4.78, 5) is 11.6. The van der Waals surface area contributed by atoms with Crippen LogP contribution >= 0.6 is 0 Å². The highest BCUT2D eigenvalue weighted by Gasteiger charge is 2.12. The van der Waals surface area contributed by atoms with E-state index in [0.29, 0.717) is 17.9 Å². The number of pyridine rings is 1. The number of nitrogens with zero attached hydrogens (tertiary/aromatic N) is 2. The zero-order chi connectivity index (χ0) is 13.2. The number of rotatable bonds is 3.